The predicted octanol–water partition coefficient (Wildman–Crippen LogP) is 4.01. The highest BCUT2D eigenvalue weighted by Crippen LogP contribution is 2.36. The van der Waals surface area contributed by atoms with E-state index in [1.54, 1.807) is 11.3 Å². The van der Waals surface area contributed by atoms with Crippen LogP contribution in [0, 0.1) is 29.2 Å². The maximum Gasteiger partial charge on any atom is 0.313 e. The normalized spacial score (nSPS) is 14.9. The number of rotatable bonds is 43. The molecular weight excluding hydrogens is 1100 g/mol. The Morgan fingerprint density at radius 1 is 0.747 bits per heavy atom. The Labute approximate surface area is 461 Å². The van der Waals surface area contributed by atoms with Crippen LogP contribution in [0.1, 0.15) is 55.7 Å². The number of piperidine rings is 1. The van der Waals surface area contributed by atoms with Crippen molar-refractivity contribution in [1.29, 1.82) is 0 Å². The highest BCUT2D eigenvalue weighted by atomic mass is 32.2. The summed E-state index contributed by atoms with van der Waals surface area (Å²) in [6.07, 6.45) is 4.06. The minimum absolute atomic E-state index is 0.0191. The Kier molecular flexibility index (Phi) is 32.7. The van der Waals surface area contributed by atoms with Gasteiger partial charge in [-0.2, -0.15) is 17.2 Å². The van der Waals surface area contributed by atoms with Crippen LogP contribution in [0.25, 0.3) is 6.08 Å². The van der Waals surface area contributed by atoms with Gasteiger partial charge in [0, 0.05) is 43.1 Å². The minimum Gasteiger partial charge on any atom is -0.420 e. The van der Waals surface area contributed by atoms with Crippen molar-refractivity contribution in [3.05, 3.63) is 44.7 Å². The smallest absolute Gasteiger partial charge is 0.313 e. The number of carbonyl (C=O) groups excluding carboxylic acids is 3. The summed E-state index contributed by atoms with van der Waals surface area (Å²) in [7, 11) is -5.65. The first kappa shape index (κ1) is 67.2. The van der Waals surface area contributed by atoms with Gasteiger partial charge < -0.3 is 63.2 Å². The summed E-state index contributed by atoms with van der Waals surface area (Å²) in [6, 6.07) is 2.02. The van der Waals surface area contributed by atoms with E-state index in [9.17, 15) is 40.4 Å². The van der Waals surface area contributed by atoms with Crippen LogP contribution in [-0.4, -0.2) is 211 Å². The summed E-state index contributed by atoms with van der Waals surface area (Å²) < 4.78 is 145. The summed E-state index contributed by atoms with van der Waals surface area (Å²) in [6.45, 7) is 13.5. The van der Waals surface area contributed by atoms with Crippen LogP contribution in [0.5, 0.6) is 5.75 Å². The lowest BCUT2D eigenvalue weighted by atomic mass is 9.97. The molecule has 0 spiro atoms. The molecule has 1 aromatic heterocycles. The first-order valence-corrected chi connectivity index (χ1v) is 28.3. The van der Waals surface area contributed by atoms with Crippen LogP contribution in [0.3, 0.4) is 0 Å². The van der Waals surface area contributed by atoms with Gasteiger partial charge in [-0.1, -0.05) is 6.92 Å². The minimum atomic E-state index is -5.65. The lowest BCUT2D eigenvalue weighted by Crippen LogP contribution is -2.43. The second kappa shape index (κ2) is 38.4. The van der Waals surface area contributed by atoms with Gasteiger partial charge in [0.05, 0.1) is 162 Å². The second-order valence-corrected chi connectivity index (χ2v) is 19.9. The zero-order valence-electron chi connectivity index (χ0n) is 44.8. The van der Waals surface area contributed by atoms with E-state index in [0.29, 0.717) is 143 Å². The summed E-state index contributed by atoms with van der Waals surface area (Å²) in [5, 5.41) is 4.41. The molecule has 79 heavy (non-hydrogen) atoms. The van der Waals surface area contributed by atoms with Gasteiger partial charge in [0.2, 0.25) is 23.3 Å². The molecule has 0 aliphatic carbocycles. The Hall–Kier alpha value is -4.31. The number of nitrogens with one attached hydrogen (secondary N) is 1. The molecule has 0 saturated carbocycles. The fraction of sp³-hybridized carbons (Fsp3) is 0.680. The number of ether oxygens (including phenoxy) is 11. The van der Waals surface area contributed by atoms with Crippen molar-refractivity contribution < 1.29 is 102 Å². The number of hydroxylamine groups is 2. The van der Waals surface area contributed by atoms with Crippen molar-refractivity contribution in [3.63, 3.8) is 0 Å². The number of fused-ring (bicyclic) bond motifs is 1. The number of esters is 1. The Morgan fingerprint density at radius 3 is 1.70 bits per heavy atom. The summed E-state index contributed by atoms with van der Waals surface area (Å²) in [4.78, 5) is 50.3. The Bertz CT molecular complexity index is 2300. The van der Waals surface area contributed by atoms with Crippen molar-refractivity contribution in [2.24, 2.45) is 16.6 Å². The topological polar surface area (TPSA) is 273 Å². The number of halogens is 4. The fourth-order valence-electron chi connectivity index (χ4n) is 7.53. The lowest BCUT2D eigenvalue weighted by Gasteiger charge is -2.31. The standard InChI is InChI=1S/C50H75F4N5O18S2/c1-3-9-59(76-4-2)50(62)37-31-40-39(57-41(55)32-37)33-38(78-40)35-58-10-5-6-36(34-58)49(61)56-8-12-67-14-16-69-18-20-71-22-24-73-26-28-75-30-29-74-27-25-72-23-21-70-19-17-68-15-13-66-11-7-42(60)77-47-43(51)45(53)48(79(63,64)65)46(54)44(47)52/h31,33,36H,3-30,32,34-35H2,1-2H3,(H2,55,57)(H,56,61)(H,63,64,65)/t36-/m1/s1. The molecule has 0 radical (unpaired) electrons. The highest BCUT2D eigenvalue weighted by Gasteiger charge is 2.34. The van der Waals surface area contributed by atoms with Gasteiger partial charge in [-0.15, -0.1) is 11.3 Å². The predicted molar refractivity (Wildman–Crippen MR) is 277 cm³/mol. The van der Waals surface area contributed by atoms with Crippen molar-refractivity contribution >= 4 is 56.8 Å². The molecule has 2 amide bonds. The van der Waals surface area contributed by atoms with Gasteiger partial charge in [-0.25, -0.2) is 18.8 Å². The van der Waals surface area contributed by atoms with Crippen LogP contribution in [-0.2, 0) is 83.3 Å². The fourth-order valence-corrected chi connectivity index (χ4v) is 9.27. The number of amides is 2. The van der Waals surface area contributed by atoms with Crippen molar-refractivity contribution in [2.45, 2.75) is 57.4 Å². The van der Waals surface area contributed by atoms with E-state index < -0.39 is 56.4 Å². The van der Waals surface area contributed by atoms with Gasteiger partial charge >= 0.3 is 16.1 Å². The van der Waals surface area contributed by atoms with Gasteiger partial charge in [0.15, 0.2) is 16.5 Å². The number of likely N-dealkylation sites (tertiary alicyclic amines) is 1. The number of nitrogens with zero attached hydrogens (tertiary/aromatic N) is 3. The number of amidine groups is 1. The lowest BCUT2D eigenvalue weighted by molar-refractivity contribution is -0.180. The van der Waals surface area contributed by atoms with Gasteiger partial charge in [-0.05, 0) is 44.9 Å². The van der Waals surface area contributed by atoms with Crippen LogP contribution >= 0.6 is 11.3 Å². The third-order valence-corrected chi connectivity index (χ3v) is 13.1. The van der Waals surface area contributed by atoms with E-state index in [4.69, 9.17) is 62.5 Å². The van der Waals surface area contributed by atoms with E-state index in [2.05, 4.69) is 19.9 Å². The van der Waals surface area contributed by atoms with Crippen LogP contribution < -0.4 is 15.8 Å². The number of benzene rings is 1. The molecule has 1 atom stereocenters. The summed E-state index contributed by atoms with van der Waals surface area (Å²) >= 11 is 1.59. The maximum atomic E-state index is 14.0. The first-order valence-electron chi connectivity index (χ1n) is 26.1. The molecule has 0 bridgehead atoms. The molecule has 1 saturated heterocycles. The molecular formula is C50H75F4N5O18S2. The van der Waals surface area contributed by atoms with Crippen molar-refractivity contribution in [1.82, 2.24) is 15.3 Å². The number of carbonyl (C=O) groups is 3. The molecule has 3 heterocycles. The molecule has 2 aliphatic heterocycles. The number of nitrogens with two attached hydrogens (primary N) is 1. The molecule has 1 aromatic carbocycles. The number of aliphatic imine (C=N–C) groups is 1. The quantitative estimate of drug-likeness (QED) is 0.0161. The van der Waals surface area contributed by atoms with Crippen molar-refractivity contribution in [3.8, 4) is 5.75 Å². The summed E-state index contributed by atoms with van der Waals surface area (Å²) in [5.41, 5.74) is 7.53. The zero-order chi connectivity index (χ0) is 57.3. The highest BCUT2D eigenvalue weighted by molar-refractivity contribution is 7.85. The Morgan fingerprint density at radius 2 is 1.23 bits per heavy atom. The van der Waals surface area contributed by atoms with Gasteiger partial charge in [0.1, 0.15) is 5.84 Å². The maximum absolute atomic E-state index is 14.0. The molecule has 448 valence electrons. The third-order valence-electron chi connectivity index (χ3n) is 11.2. The molecule has 2 aliphatic rings. The average molecular weight is 1170 g/mol. The van der Waals surface area contributed by atoms with Crippen LogP contribution in [0.2, 0.25) is 0 Å². The number of thiophene rings is 1. The average Bonchev–Trinajstić information content (AvgIpc) is 3.76. The van der Waals surface area contributed by atoms with Gasteiger partial charge in [0.25, 0.3) is 5.91 Å². The van der Waals surface area contributed by atoms with Crippen LogP contribution in [0.4, 0.5) is 23.2 Å². The molecule has 29 heteroatoms. The molecule has 4 N–H and O–H groups in total. The molecule has 23 nitrogen and oxygen atoms in total. The Balaban J connectivity index is 0.851. The molecule has 0 unspecified atom stereocenters. The van der Waals surface area contributed by atoms with E-state index >= 15 is 0 Å². The van der Waals surface area contributed by atoms with E-state index in [-0.39, 0.29) is 57.2 Å². The molecule has 2 aromatic rings. The van der Waals surface area contributed by atoms with Crippen LogP contribution in [0.15, 0.2) is 21.5 Å². The summed E-state index contributed by atoms with van der Waals surface area (Å²) in [5.74, 6) is -12.6. The third kappa shape index (κ3) is 25.6. The monoisotopic (exact) mass is 1170 g/mol. The zero-order valence-corrected chi connectivity index (χ0v) is 46.4. The number of hydrogen-bond donors (Lipinski definition) is 3. The molecule has 4 rings (SSSR count). The SMILES string of the molecule is CCCN(OCC)C(=O)C1=Cc2sc(CN3CCC[C@@H](C(=O)NCCOCCOCCOCCOCCOCCOCCOCCOCCOCCOCCC(=O)Oc4c(F)c(F)c(S(=O)(=O)O)c(F)c4F)C3)cc2N=C(N)C1. The first-order chi connectivity index (χ1) is 38.1. The van der Waals surface area contributed by atoms with Crippen molar-refractivity contribution in [2.75, 3.05) is 165 Å². The van der Waals surface area contributed by atoms with E-state index in [1.807, 2.05) is 26.0 Å². The van der Waals surface area contributed by atoms with Gasteiger partial charge in [-0.3, -0.25) is 28.7 Å². The van der Waals surface area contributed by atoms with E-state index in [0.717, 1.165) is 41.2 Å². The largest absolute Gasteiger partial charge is 0.420 e. The second-order valence-electron chi connectivity index (χ2n) is 17.3. The van der Waals surface area contributed by atoms with E-state index in [1.165, 1.54) is 5.06 Å². The molecule has 1 fully saturated rings. The number of hydrogen-bond acceptors (Lipinski definition) is 21.